The highest BCUT2D eigenvalue weighted by Crippen LogP contribution is 2.36. The highest BCUT2D eigenvalue weighted by molar-refractivity contribution is 5.02. The summed E-state index contributed by atoms with van der Waals surface area (Å²) in [7, 11) is 1.57. The number of nitrogens with one attached hydrogen (secondary N) is 1. The van der Waals surface area contributed by atoms with E-state index in [1.54, 1.807) is 11.9 Å². The lowest BCUT2D eigenvalue weighted by Crippen LogP contribution is -2.70. The van der Waals surface area contributed by atoms with Crippen molar-refractivity contribution in [2.75, 3.05) is 39.8 Å². The normalized spacial score (nSPS) is 49.2. The first-order valence-corrected chi connectivity index (χ1v) is 14.8. The molecule has 252 valence electrons. The summed E-state index contributed by atoms with van der Waals surface area (Å²) in [5, 5.41) is 67.0. The number of aliphatic hydroxyl groups is 6. The lowest BCUT2D eigenvalue weighted by Gasteiger charge is -2.52. The van der Waals surface area contributed by atoms with Gasteiger partial charge in [0.2, 0.25) is 0 Å². The van der Waals surface area contributed by atoms with Crippen LogP contribution in [-0.2, 0) is 23.7 Å². The molecular formula is C25H51N7O11. The molecule has 1 aliphatic carbocycles. The number of hydrogen-bond acceptors (Lipinski definition) is 18. The van der Waals surface area contributed by atoms with E-state index in [9.17, 15) is 30.6 Å². The number of likely N-dealkylation sites (N-methyl/N-ethyl adjacent to an activating group) is 1. The van der Waals surface area contributed by atoms with Crippen molar-refractivity contribution in [2.24, 2.45) is 28.7 Å². The quantitative estimate of drug-likeness (QED) is 0.101. The molecule has 1 saturated carbocycles. The van der Waals surface area contributed by atoms with Crippen molar-refractivity contribution in [3.05, 3.63) is 0 Å². The Morgan fingerprint density at radius 2 is 1.42 bits per heavy atom. The summed E-state index contributed by atoms with van der Waals surface area (Å²) in [5.41, 5.74) is 29.7. The molecule has 4 rings (SSSR count). The van der Waals surface area contributed by atoms with Gasteiger partial charge >= 0.3 is 0 Å². The third-order valence-electron chi connectivity index (χ3n) is 8.91. The third-order valence-corrected chi connectivity index (χ3v) is 8.91. The minimum atomic E-state index is -1.54. The van der Waals surface area contributed by atoms with E-state index in [0.29, 0.717) is 13.1 Å². The summed E-state index contributed by atoms with van der Waals surface area (Å²) in [6.45, 7) is 0.742. The molecule has 18 nitrogen and oxygen atoms in total. The van der Waals surface area contributed by atoms with Gasteiger partial charge in [-0.3, -0.25) is 4.90 Å². The van der Waals surface area contributed by atoms with Crippen LogP contribution in [0.25, 0.3) is 0 Å². The number of nitrogens with two attached hydrogens (primary N) is 5. The molecule has 43 heavy (non-hydrogen) atoms. The standard InChI is InChI=1S/C25H51N7O11/c1-31-14-17(35)22-12(7-11(30)23(42-22)41-21-10(29)6-9(28)16(34)19(21)37)39-24(14)43-25-20(38)18(36)15(13(8-33)40-25)32(4-2-26)5-3-27/h9-25,31,33-38H,2-8,26-30H2,1H3/t9-,10?,11?,12+,13?,14?,15-,16?,17?,18?,19?,20?,21-,22?,23+,24?,25-/m1/s1. The van der Waals surface area contributed by atoms with E-state index >= 15 is 0 Å². The van der Waals surface area contributed by atoms with Gasteiger partial charge in [0.05, 0.1) is 36.9 Å². The van der Waals surface area contributed by atoms with Gasteiger partial charge in [-0.05, 0) is 19.9 Å². The highest BCUT2D eigenvalue weighted by Gasteiger charge is 2.54. The van der Waals surface area contributed by atoms with Gasteiger partial charge in [0.25, 0.3) is 0 Å². The van der Waals surface area contributed by atoms with Crippen molar-refractivity contribution in [3.8, 4) is 0 Å². The van der Waals surface area contributed by atoms with Crippen molar-refractivity contribution in [1.29, 1.82) is 0 Å². The molecule has 0 radical (unpaired) electrons. The van der Waals surface area contributed by atoms with E-state index in [4.69, 9.17) is 52.4 Å². The summed E-state index contributed by atoms with van der Waals surface area (Å²) in [4.78, 5) is 1.75. The van der Waals surface area contributed by atoms with Crippen molar-refractivity contribution in [3.63, 3.8) is 0 Å². The van der Waals surface area contributed by atoms with E-state index in [1.807, 2.05) is 0 Å². The van der Waals surface area contributed by atoms with Crippen LogP contribution < -0.4 is 34.0 Å². The molecule has 4 fully saturated rings. The monoisotopic (exact) mass is 625 g/mol. The molecule has 3 saturated heterocycles. The second-order valence-corrected chi connectivity index (χ2v) is 11.8. The molecule has 17 N–H and O–H groups in total. The average Bonchev–Trinajstić information content (AvgIpc) is 2.97. The fourth-order valence-electron chi connectivity index (χ4n) is 6.60. The Labute approximate surface area is 250 Å². The predicted octanol–water partition coefficient (Wildman–Crippen LogP) is -7.69. The van der Waals surface area contributed by atoms with Crippen molar-refractivity contribution in [2.45, 2.75) is 117 Å². The maximum absolute atomic E-state index is 11.3. The molecule has 0 aromatic carbocycles. The summed E-state index contributed by atoms with van der Waals surface area (Å²) < 4.78 is 30.0. The molecule has 3 heterocycles. The summed E-state index contributed by atoms with van der Waals surface area (Å²) in [6.07, 6.45) is -13.8. The van der Waals surface area contributed by atoms with Gasteiger partial charge in [0.1, 0.15) is 42.7 Å². The van der Waals surface area contributed by atoms with Crippen LogP contribution in [0.3, 0.4) is 0 Å². The molecule has 11 unspecified atom stereocenters. The van der Waals surface area contributed by atoms with Gasteiger partial charge in [-0.1, -0.05) is 0 Å². The zero-order valence-corrected chi connectivity index (χ0v) is 24.3. The van der Waals surface area contributed by atoms with E-state index < -0.39 is 111 Å². The topological polar surface area (TPSA) is 313 Å². The number of hydrogen-bond donors (Lipinski definition) is 12. The maximum Gasteiger partial charge on any atom is 0.189 e. The Balaban J connectivity index is 1.43. The molecule has 0 aromatic heterocycles. The second-order valence-electron chi connectivity index (χ2n) is 11.8. The molecule has 17 atom stereocenters. The number of nitrogens with zero attached hydrogens (tertiary/aromatic N) is 1. The molecular weight excluding hydrogens is 574 g/mol. The van der Waals surface area contributed by atoms with Crippen molar-refractivity contribution in [1.82, 2.24) is 10.2 Å². The van der Waals surface area contributed by atoms with Crippen LogP contribution in [0.4, 0.5) is 0 Å². The average molecular weight is 626 g/mol. The third kappa shape index (κ3) is 7.32. The van der Waals surface area contributed by atoms with Crippen LogP contribution in [-0.4, -0.2) is 179 Å². The first-order chi connectivity index (χ1) is 20.5. The summed E-state index contributed by atoms with van der Waals surface area (Å²) in [5.74, 6) is 0. The minimum Gasteiger partial charge on any atom is -0.394 e. The lowest BCUT2D eigenvalue weighted by atomic mass is 9.84. The van der Waals surface area contributed by atoms with Gasteiger partial charge in [-0.25, -0.2) is 0 Å². The van der Waals surface area contributed by atoms with Crippen LogP contribution in [0.5, 0.6) is 0 Å². The number of ether oxygens (including phenoxy) is 5. The Bertz CT molecular complexity index is 862. The largest absolute Gasteiger partial charge is 0.394 e. The first-order valence-electron chi connectivity index (χ1n) is 14.8. The van der Waals surface area contributed by atoms with E-state index in [0.717, 1.165) is 0 Å². The van der Waals surface area contributed by atoms with Crippen LogP contribution in [0.1, 0.15) is 12.8 Å². The highest BCUT2D eigenvalue weighted by atomic mass is 16.8. The Kier molecular flexibility index (Phi) is 12.5. The van der Waals surface area contributed by atoms with E-state index in [2.05, 4.69) is 5.32 Å². The smallest absolute Gasteiger partial charge is 0.189 e. The van der Waals surface area contributed by atoms with Crippen molar-refractivity contribution >= 4 is 0 Å². The predicted molar refractivity (Wildman–Crippen MR) is 149 cm³/mol. The molecule has 0 aromatic rings. The van der Waals surface area contributed by atoms with E-state index in [-0.39, 0.29) is 25.9 Å². The van der Waals surface area contributed by atoms with Gasteiger partial charge in [0.15, 0.2) is 18.9 Å². The molecule has 18 heteroatoms. The summed E-state index contributed by atoms with van der Waals surface area (Å²) >= 11 is 0. The summed E-state index contributed by atoms with van der Waals surface area (Å²) in [6, 6.07) is -3.87. The number of fused-ring (bicyclic) bond motifs is 1. The molecule has 3 aliphatic heterocycles. The SMILES string of the molecule is CNC1C(O[C@H]2OC(CO)[C@@H](N(CCN)CCN)C(O)C2O)O[C@H]2CC(N)[C@@H](O[C@@H]3C(N)C[C@@H](N)C(O)C3O)OC2C1O. The van der Waals surface area contributed by atoms with Gasteiger partial charge in [-0.2, -0.15) is 0 Å². The van der Waals surface area contributed by atoms with Gasteiger partial charge < -0.3 is 88.3 Å². The second kappa shape index (κ2) is 15.2. The maximum atomic E-state index is 11.3. The van der Waals surface area contributed by atoms with Crippen LogP contribution in [0.15, 0.2) is 0 Å². The Morgan fingerprint density at radius 1 is 0.744 bits per heavy atom. The molecule has 0 amide bonds. The Hall–Kier alpha value is -0.720. The molecule has 0 bridgehead atoms. The van der Waals surface area contributed by atoms with Gasteiger partial charge in [0, 0.05) is 38.3 Å². The zero-order valence-electron chi connectivity index (χ0n) is 24.3. The number of aliphatic hydroxyl groups excluding tert-OH is 6. The fraction of sp³-hybridized carbons (Fsp3) is 1.00. The lowest BCUT2D eigenvalue weighted by molar-refractivity contribution is -0.376. The first kappa shape index (κ1) is 35.1. The fourth-order valence-corrected chi connectivity index (χ4v) is 6.60. The number of rotatable bonds is 11. The van der Waals surface area contributed by atoms with E-state index in [1.165, 1.54) is 0 Å². The van der Waals surface area contributed by atoms with Gasteiger partial charge in [-0.15, -0.1) is 0 Å². The van der Waals surface area contributed by atoms with Crippen molar-refractivity contribution < 1.29 is 54.3 Å². The van der Waals surface area contributed by atoms with Crippen LogP contribution >= 0.6 is 0 Å². The van der Waals surface area contributed by atoms with Crippen LogP contribution in [0, 0.1) is 0 Å². The van der Waals surface area contributed by atoms with Crippen LogP contribution in [0.2, 0.25) is 0 Å². The molecule has 0 spiro atoms. The zero-order chi connectivity index (χ0) is 31.6. The Morgan fingerprint density at radius 3 is 2.02 bits per heavy atom. The molecule has 4 aliphatic rings. The minimum absolute atomic E-state index is 0.147.